The fourth-order valence-electron chi connectivity index (χ4n) is 1.60. The summed E-state index contributed by atoms with van der Waals surface area (Å²) >= 11 is 0. The number of carbonyl (C=O) groups is 1. The van der Waals surface area contributed by atoms with Crippen molar-refractivity contribution >= 4 is 16.7 Å². The Morgan fingerprint density at radius 1 is 1.19 bits per heavy atom. The zero-order valence-electron chi connectivity index (χ0n) is 8.77. The highest BCUT2D eigenvalue weighted by Crippen LogP contribution is 2.28. The number of hydrogen-bond acceptors (Lipinski definition) is 1. The van der Waals surface area contributed by atoms with Crippen LogP contribution in [0.4, 0.5) is 4.39 Å². The number of benzene rings is 2. The molecule has 0 saturated heterocycles. The van der Waals surface area contributed by atoms with Gasteiger partial charge in [0.15, 0.2) is 0 Å². The topological polar surface area (TPSA) is 37.3 Å². The second kappa shape index (κ2) is 3.59. The van der Waals surface area contributed by atoms with Crippen LogP contribution in [0.25, 0.3) is 10.8 Å². The molecule has 0 fully saturated rings. The molecule has 1 N–H and O–H groups in total. The molecule has 0 heterocycles. The van der Waals surface area contributed by atoms with Crippen molar-refractivity contribution in [3.8, 4) is 0 Å². The van der Waals surface area contributed by atoms with Crippen molar-refractivity contribution in [3.63, 3.8) is 0 Å². The van der Waals surface area contributed by atoms with E-state index in [9.17, 15) is 9.18 Å². The molecule has 0 saturated carbocycles. The molecule has 16 heavy (non-hydrogen) atoms. The van der Waals surface area contributed by atoms with Gasteiger partial charge < -0.3 is 5.11 Å². The summed E-state index contributed by atoms with van der Waals surface area (Å²) in [5, 5.41) is 10.6. The maximum atomic E-state index is 13.9. The summed E-state index contributed by atoms with van der Waals surface area (Å²) in [5.74, 6) is -1.47. The van der Waals surface area contributed by atoms with Crippen molar-refractivity contribution in [3.05, 3.63) is 48.0 Å². The molecule has 0 amide bonds. The lowest BCUT2D eigenvalue weighted by atomic mass is 9.95. The SMILES string of the molecule is CC(F)(C(=O)O)c1ccc2ccccc2c1. The predicted octanol–water partition coefficient (Wildman–Crippen LogP) is 3.11. The van der Waals surface area contributed by atoms with E-state index in [0.717, 1.165) is 17.7 Å². The first kappa shape index (κ1) is 10.6. The van der Waals surface area contributed by atoms with E-state index in [1.165, 1.54) is 6.07 Å². The van der Waals surface area contributed by atoms with Crippen molar-refractivity contribution in [2.75, 3.05) is 0 Å². The van der Waals surface area contributed by atoms with Crippen LogP contribution in [0, 0.1) is 0 Å². The number of rotatable bonds is 2. The maximum Gasteiger partial charge on any atom is 0.345 e. The highest BCUT2D eigenvalue weighted by Gasteiger charge is 2.34. The lowest BCUT2D eigenvalue weighted by Crippen LogP contribution is -2.26. The molecule has 1 unspecified atom stereocenters. The lowest BCUT2D eigenvalue weighted by molar-refractivity contribution is -0.150. The van der Waals surface area contributed by atoms with E-state index in [1.54, 1.807) is 12.1 Å². The average molecular weight is 218 g/mol. The summed E-state index contributed by atoms with van der Waals surface area (Å²) in [7, 11) is 0. The molecule has 0 aliphatic heterocycles. The molecule has 0 aromatic heterocycles. The number of carboxylic acids is 1. The Bertz CT molecular complexity index is 546. The van der Waals surface area contributed by atoms with Crippen LogP contribution in [-0.4, -0.2) is 11.1 Å². The molecule has 0 aliphatic rings. The molecular weight excluding hydrogens is 207 g/mol. The molecule has 0 radical (unpaired) electrons. The van der Waals surface area contributed by atoms with E-state index in [2.05, 4.69) is 0 Å². The molecule has 3 heteroatoms. The van der Waals surface area contributed by atoms with E-state index in [-0.39, 0.29) is 5.56 Å². The van der Waals surface area contributed by atoms with Gasteiger partial charge in [-0.15, -0.1) is 0 Å². The first-order valence-corrected chi connectivity index (χ1v) is 4.93. The number of hydrogen-bond donors (Lipinski definition) is 1. The van der Waals surface area contributed by atoms with Gasteiger partial charge >= 0.3 is 5.97 Å². The number of fused-ring (bicyclic) bond motifs is 1. The van der Waals surface area contributed by atoms with Crippen molar-refractivity contribution in [1.29, 1.82) is 0 Å². The van der Waals surface area contributed by atoms with Gasteiger partial charge in [0.05, 0.1) is 0 Å². The third kappa shape index (κ3) is 1.65. The summed E-state index contributed by atoms with van der Waals surface area (Å²) in [6.07, 6.45) is 0. The average Bonchev–Trinajstić information content (AvgIpc) is 2.28. The fraction of sp³-hybridized carbons (Fsp3) is 0.154. The van der Waals surface area contributed by atoms with E-state index in [1.807, 2.05) is 24.3 Å². The summed E-state index contributed by atoms with van der Waals surface area (Å²) < 4.78 is 13.9. The molecule has 0 bridgehead atoms. The third-order valence-corrected chi connectivity index (χ3v) is 2.69. The van der Waals surface area contributed by atoms with Gasteiger partial charge in [-0.1, -0.05) is 36.4 Å². The Morgan fingerprint density at radius 3 is 2.44 bits per heavy atom. The minimum atomic E-state index is -2.34. The van der Waals surface area contributed by atoms with E-state index < -0.39 is 11.6 Å². The number of halogens is 1. The standard InChI is InChI=1S/C13H11FO2/c1-13(14,12(15)16)11-7-6-9-4-2-3-5-10(9)8-11/h2-8H,1H3,(H,15,16). The summed E-state index contributed by atoms with van der Waals surface area (Å²) in [6.45, 7) is 1.06. The van der Waals surface area contributed by atoms with Gasteiger partial charge in [-0.25, -0.2) is 9.18 Å². The third-order valence-electron chi connectivity index (χ3n) is 2.69. The van der Waals surface area contributed by atoms with Crippen LogP contribution in [0.5, 0.6) is 0 Å². The first-order valence-electron chi connectivity index (χ1n) is 4.93. The van der Waals surface area contributed by atoms with Crippen LogP contribution < -0.4 is 0 Å². The van der Waals surface area contributed by atoms with Gasteiger partial charge in [-0.3, -0.25) is 0 Å². The molecule has 2 rings (SSSR count). The number of carboxylic acid groups (broad SMARTS) is 1. The lowest BCUT2D eigenvalue weighted by Gasteiger charge is -2.15. The molecular formula is C13H11FO2. The summed E-state index contributed by atoms with van der Waals surface area (Å²) in [6, 6.07) is 12.3. The second-order valence-corrected chi connectivity index (χ2v) is 3.87. The Balaban J connectivity index is 2.59. The number of aliphatic carboxylic acids is 1. The van der Waals surface area contributed by atoms with Crippen molar-refractivity contribution in [2.24, 2.45) is 0 Å². The van der Waals surface area contributed by atoms with Crippen LogP contribution in [0.15, 0.2) is 42.5 Å². The highest BCUT2D eigenvalue weighted by molar-refractivity contribution is 5.86. The quantitative estimate of drug-likeness (QED) is 0.840. The van der Waals surface area contributed by atoms with Gasteiger partial charge in [0.1, 0.15) is 0 Å². The van der Waals surface area contributed by atoms with Crippen LogP contribution in [0.1, 0.15) is 12.5 Å². The first-order chi connectivity index (χ1) is 7.51. The van der Waals surface area contributed by atoms with Crippen molar-refractivity contribution in [2.45, 2.75) is 12.6 Å². The molecule has 2 aromatic carbocycles. The van der Waals surface area contributed by atoms with Crippen molar-refractivity contribution < 1.29 is 14.3 Å². The van der Waals surface area contributed by atoms with Crippen LogP contribution >= 0.6 is 0 Å². The van der Waals surface area contributed by atoms with Gasteiger partial charge in [-0.05, 0) is 23.8 Å². The van der Waals surface area contributed by atoms with E-state index >= 15 is 0 Å². The summed E-state index contributed by atoms with van der Waals surface area (Å²) in [5.41, 5.74) is -2.18. The van der Waals surface area contributed by atoms with E-state index in [0.29, 0.717) is 0 Å². The molecule has 1 atom stereocenters. The van der Waals surface area contributed by atoms with E-state index in [4.69, 9.17) is 5.11 Å². The normalized spacial score (nSPS) is 14.6. The molecule has 2 nitrogen and oxygen atoms in total. The molecule has 0 aliphatic carbocycles. The van der Waals surface area contributed by atoms with Gasteiger partial charge in [0.25, 0.3) is 0 Å². The van der Waals surface area contributed by atoms with Gasteiger partial charge in [-0.2, -0.15) is 0 Å². The largest absolute Gasteiger partial charge is 0.479 e. The second-order valence-electron chi connectivity index (χ2n) is 3.87. The summed E-state index contributed by atoms with van der Waals surface area (Å²) in [4.78, 5) is 10.8. The molecule has 0 spiro atoms. The predicted molar refractivity (Wildman–Crippen MR) is 60.0 cm³/mol. The Morgan fingerprint density at radius 2 is 1.81 bits per heavy atom. The van der Waals surface area contributed by atoms with Crippen LogP contribution in [0.2, 0.25) is 0 Å². The smallest absolute Gasteiger partial charge is 0.345 e. The Hall–Kier alpha value is -1.90. The molecule has 2 aromatic rings. The Labute approximate surface area is 92.3 Å². The van der Waals surface area contributed by atoms with Crippen molar-refractivity contribution in [1.82, 2.24) is 0 Å². The Kier molecular flexibility index (Phi) is 2.38. The van der Waals surface area contributed by atoms with Gasteiger partial charge in [0.2, 0.25) is 5.67 Å². The monoisotopic (exact) mass is 218 g/mol. The highest BCUT2D eigenvalue weighted by atomic mass is 19.1. The zero-order chi connectivity index (χ0) is 11.8. The number of alkyl halides is 1. The van der Waals surface area contributed by atoms with Crippen LogP contribution in [0.3, 0.4) is 0 Å². The molecule has 82 valence electrons. The fourth-order valence-corrected chi connectivity index (χ4v) is 1.60. The maximum absolute atomic E-state index is 13.9. The minimum Gasteiger partial charge on any atom is -0.479 e. The minimum absolute atomic E-state index is 0.165. The van der Waals surface area contributed by atoms with Crippen LogP contribution in [-0.2, 0) is 10.5 Å². The zero-order valence-corrected chi connectivity index (χ0v) is 8.77. The van der Waals surface area contributed by atoms with Gasteiger partial charge in [0, 0.05) is 5.56 Å².